The number of carbonyl (C=O) groups excluding carboxylic acids is 1. The van der Waals surface area contributed by atoms with E-state index in [1.165, 1.54) is 29.0 Å². The summed E-state index contributed by atoms with van der Waals surface area (Å²) >= 11 is 5.61. The minimum atomic E-state index is 0.247. The second kappa shape index (κ2) is 5.37. The molecule has 3 heterocycles. The van der Waals surface area contributed by atoms with Crippen LogP contribution in [0.15, 0.2) is 6.07 Å². The summed E-state index contributed by atoms with van der Waals surface area (Å²) in [5.41, 5.74) is 1.43. The Morgan fingerprint density at radius 2 is 2.24 bits per heavy atom. The van der Waals surface area contributed by atoms with Gasteiger partial charge < -0.3 is 0 Å². The summed E-state index contributed by atoms with van der Waals surface area (Å²) in [6, 6.07) is 2.17. The molecule has 1 aromatic heterocycles. The highest BCUT2D eigenvalue weighted by Crippen LogP contribution is 2.35. The van der Waals surface area contributed by atoms with Gasteiger partial charge in [0.1, 0.15) is 0 Å². The maximum absolute atomic E-state index is 12.4. The first-order valence-corrected chi connectivity index (χ1v) is 9.22. The average Bonchev–Trinajstić information content (AvgIpc) is 2.82. The molecule has 3 rings (SSSR count). The van der Waals surface area contributed by atoms with Gasteiger partial charge in [-0.25, -0.2) is 0 Å². The van der Waals surface area contributed by atoms with E-state index in [9.17, 15) is 4.79 Å². The lowest BCUT2D eigenvalue weighted by molar-refractivity contribution is 0.0988. The summed E-state index contributed by atoms with van der Waals surface area (Å²) < 4.78 is 0. The molecular formula is C13H16OS3. The van der Waals surface area contributed by atoms with E-state index < -0.39 is 0 Å². The number of ketones is 1. The largest absolute Gasteiger partial charge is 0.292 e. The fourth-order valence-corrected chi connectivity index (χ4v) is 6.08. The van der Waals surface area contributed by atoms with Crippen molar-refractivity contribution in [2.24, 2.45) is 0 Å². The van der Waals surface area contributed by atoms with Gasteiger partial charge in [-0.05, 0) is 42.4 Å². The lowest BCUT2D eigenvalue weighted by Crippen LogP contribution is -2.20. The zero-order valence-electron chi connectivity index (χ0n) is 9.74. The predicted molar refractivity (Wildman–Crippen MR) is 78.6 cm³/mol. The maximum Gasteiger partial charge on any atom is 0.185 e. The zero-order chi connectivity index (χ0) is 11.7. The molecule has 1 saturated heterocycles. The van der Waals surface area contributed by atoms with E-state index in [4.69, 9.17) is 0 Å². The fourth-order valence-electron chi connectivity index (χ4n) is 2.37. The van der Waals surface area contributed by atoms with E-state index in [1.807, 2.05) is 23.5 Å². The Kier molecular flexibility index (Phi) is 3.83. The molecule has 0 aromatic carbocycles. The van der Waals surface area contributed by atoms with Crippen LogP contribution in [-0.2, 0) is 12.2 Å². The van der Waals surface area contributed by atoms with Gasteiger partial charge in [0.25, 0.3) is 0 Å². The number of thiophene rings is 1. The average molecular weight is 284 g/mol. The Bertz CT molecular complexity index is 395. The second-order valence-electron chi connectivity index (χ2n) is 4.58. The van der Waals surface area contributed by atoms with Crippen LogP contribution < -0.4 is 0 Å². The van der Waals surface area contributed by atoms with Crippen molar-refractivity contribution in [1.29, 1.82) is 0 Å². The van der Waals surface area contributed by atoms with Crippen LogP contribution >= 0.6 is 34.9 Å². The van der Waals surface area contributed by atoms with Crippen molar-refractivity contribution in [1.82, 2.24) is 0 Å². The number of hydrogen-bond donors (Lipinski definition) is 0. The van der Waals surface area contributed by atoms with Crippen LogP contribution in [0.1, 0.15) is 39.4 Å². The molecule has 4 heteroatoms. The van der Waals surface area contributed by atoms with Crippen LogP contribution in [0.25, 0.3) is 0 Å². The molecule has 1 atom stereocenters. The second-order valence-corrected chi connectivity index (χ2v) is 8.13. The summed E-state index contributed by atoms with van der Waals surface area (Å²) in [7, 11) is 0. The molecule has 2 aliphatic heterocycles. The smallest absolute Gasteiger partial charge is 0.185 e. The molecule has 0 amide bonds. The Morgan fingerprint density at radius 3 is 3.00 bits per heavy atom. The Labute approximate surface area is 115 Å². The van der Waals surface area contributed by atoms with Crippen molar-refractivity contribution >= 4 is 40.6 Å². The summed E-state index contributed by atoms with van der Waals surface area (Å²) in [5.74, 6) is 3.90. The lowest BCUT2D eigenvalue weighted by atomic mass is 10.1. The Balaban J connectivity index is 1.78. The normalized spacial score (nSPS) is 24.4. The number of thioether (sulfide) groups is 2. The van der Waals surface area contributed by atoms with Gasteiger partial charge in [0.05, 0.1) is 10.1 Å². The molecule has 0 radical (unpaired) electrons. The first-order valence-electron chi connectivity index (χ1n) is 6.20. The molecule has 0 bridgehead atoms. The van der Waals surface area contributed by atoms with Crippen LogP contribution in [0.3, 0.4) is 0 Å². The highest BCUT2D eigenvalue weighted by atomic mass is 32.2. The molecule has 17 heavy (non-hydrogen) atoms. The fraction of sp³-hybridized carbons (Fsp3) is 0.615. The molecule has 2 aliphatic rings. The summed E-state index contributed by atoms with van der Waals surface area (Å²) in [6.45, 7) is 0. The van der Waals surface area contributed by atoms with Crippen LogP contribution in [0.2, 0.25) is 0 Å². The van der Waals surface area contributed by atoms with Gasteiger partial charge in [-0.3, -0.25) is 4.79 Å². The minimum Gasteiger partial charge on any atom is -0.292 e. The van der Waals surface area contributed by atoms with Crippen LogP contribution in [0.5, 0.6) is 0 Å². The van der Waals surface area contributed by atoms with Crippen molar-refractivity contribution in [2.45, 2.75) is 36.7 Å². The van der Waals surface area contributed by atoms with Gasteiger partial charge in [-0.1, -0.05) is 6.42 Å². The number of hydrogen-bond acceptors (Lipinski definition) is 4. The zero-order valence-corrected chi connectivity index (χ0v) is 12.2. The van der Waals surface area contributed by atoms with Gasteiger partial charge in [0, 0.05) is 10.6 Å². The first-order chi connectivity index (χ1) is 8.34. The van der Waals surface area contributed by atoms with Crippen LogP contribution in [-0.4, -0.2) is 22.5 Å². The van der Waals surface area contributed by atoms with E-state index in [2.05, 4.69) is 6.07 Å². The van der Waals surface area contributed by atoms with Crippen molar-refractivity contribution in [3.05, 3.63) is 21.4 Å². The molecule has 0 N–H and O–H groups in total. The van der Waals surface area contributed by atoms with E-state index in [0.29, 0.717) is 5.78 Å². The SMILES string of the molecule is O=C(c1cc2c(s1)CCSC2)C1CCCCS1. The molecule has 1 unspecified atom stereocenters. The van der Waals surface area contributed by atoms with Gasteiger partial charge in [0.15, 0.2) is 5.78 Å². The molecule has 1 aromatic rings. The maximum atomic E-state index is 12.4. The summed E-state index contributed by atoms with van der Waals surface area (Å²) in [5, 5.41) is 0.247. The monoisotopic (exact) mass is 284 g/mol. The third kappa shape index (κ3) is 2.59. The molecule has 1 nitrogen and oxygen atoms in total. The van der Waals surface area contributed by atoms with Gasteiger partial charge in [-0.2, -0.15) is 23.5 Å². The van der Waals surface area contributed by atoms with E-state index in [1.54, 1.807) is 11.3 Å². The van der Waals surface area contributed by atoms with Crippen LogP contribution in [0, 0.1) is 0 Å². The van der Waals surface area contributed by atoms with E-state index in [0.717, 1.165) is 29.2 Å². The van der Waals surface area contributed by atoms with Crippen molar-refractivity contribution < 1.29 is 4.79 Å². The highest BCUT2D eigenvalue weighted by molar-refractivity contribution is 8.00. The highest BCUT2D eigenvalue weighted by Gasteiger charge is 2.25. The third-order valence-corrected chi connectivity index (χ3v) is 6.98. The van der Waals surface area contributed by atoms with Gasteiger partial charge in [-0.15, -0.1) is 11.3 Å². The molecule has 0 saturated carbocycles. The number of rotatable bonds is 2. The van der Waals surface area contributed by atoms with Gasteiger partial charge >= 0.3 is 0 Å². The van der Waals surface area contributed by atoms with E-state index in [-0.39, 0.29) is 5.25 Å². The number of fused-ring (bicyclic) bond motifs is 1. The van der Waals surface area contributed by atoms with Gasteiger partial charge in [0.2, 0.25) is 0 Å². The Morgan fingerprint density at radius 1 is 1.29 bits per heavy atom. The molecule has 0 aliphatic carbocycles. The number of Topliss-reactive ketones (excluding diaryl/α,β-unsaturated/α-hetero) is 1. The first kappa shape index (κ1) is 12.1. The van der Waals surface area contributed by atoms with Crippen LogP contribution in [0.4, 0.5) is 0 Å². The Hall–Kier alpha value is 0.0700. The standard InChI is InChI=1S/C13H16OS3/c14-13(11-3-1-2-5-16-11)12-7-9-8-15-6-4-10(9)17-12/h7,11H,1-6,8H2. The topological polar surface area (TPSA) is 17.1 Å². The third-order valence-electron chi connectivity index (χ3n) is 3.34. The molecular weight excluding hydrogens is 268 g/mol. The van der Waals surface area contributed by atoms with E-state index >= 15 is 0 Å². The van der Waals surface area contributed by atoms with Crippen molar-refractivity contribution in [3.63, 3.8) is 0 Å². The molecule has 0 spiro atoms. The number of aryl methyl sites for hydroxylation is 1. The summed E-state index contributed by atoms with van der Waals surface area (Å²) in [4.78, 5) is 14.9. The quantitative estimate of drug-likeness (QED) is 0.764. The predicted octanol–water partition coefficient (Wildman–Crippen LogP) is 4.01. The number of carbonyl (C=O) groups is 1. The lowest BCUT2D eigenvalue weighted by Gasteiger charge is -2.19. The van der Waals surface area contributed by atoms with Crippen molar-refractivity contribution in [2.75, 3.05) is 11.5 Å². The molecule has 92 valence electrons. The molecule has 1 fully saturated rings. The van der Waals surface area contributed by atoms with Crippen molar-refractivity contribution in [3.8, 4) is 0 Å². The minimum absolute atomic E-state index is 0.247. The summed E-state index contributed by atoms with van der Waals surface area (Å²) in [6.07, 6.45) is 4.76.